The van der Waals surface area contributed by atoms with Crippen LogP contribution in [0.5, 0.6) is 0 Å². The van der Waals surface area contributed by atoms with Gasteiger partial charge in [-0.3, -0.25) is 10.1 Å². The highest BCUT2D eigenvalue weighted by atomic mass is 16.5. The Morgan fingerprint density at radius 2 is 2.17 bits per heavy atom. The lowest BCUT2D eigenvalue weighted by atomic mass is 9.97. The molecule has 0 spiro atoms. The molecule has 0 radical (unpaired) electrons. The zero-order chi connectivity index (χ0) is 13.8. The molecule has 0 aromatic carbocycles. The molecule has 1 atom stereocenters. The van der Waals surface area contributed by atoms with Crippen LogP contribution in [0.15, 0.2) is 4.52 Å². The van der Waals surface area contributed by atoms with Crippen LogP contribution in [0.3, 0.4) is 0 Å². The lowest BCUT2D eigenvalue weighted by molar-refractivity contribution is -0.139. The Kier molecular flexibility index (Phi) is 4.84. The number of aromatic nitrogens is 2. The molecule has 0 aliphatic rings. The summed E-state index contributed by atoms with van der Waals surface area (Å²) in [5.74, 6) is 0.195. The molecule has 18 heavy (non-hydrogen) atoms. The second-order valence-corrected chi connectivity index (χ2v) is 5.33. The van der Waals surface area contributed by atoms with Crippen molar-refractivity contribution in [3.8, 4) is 0 Å². The lowest BCUT2D eigenvalue weighted by Crippen LogP contribution is -2.36. The van der Waals surface area contributed by atoms with Gasteiger partial charge in [-0.05, 0) is 6.42 Å². The van der Waals surface area contributed by atoms with Crippen molar-refractivity contribution in [3.63, 3.8) is 0 Å². The highest BCUT2D eigenvalue weighted by molar-refractivity contribution is 5.73. The molecule has 6 nitrogen and oxygen atoms in total. The van der Waals surface area contributed by atoms with E-state index in [4.69, 9.17) is 9.63 Å². The van der Waals surface area contributed by atoms with Crippen molar-refractivity contribution >= 4 is 5.97 Å². The Labute approximate surface area is 107 Å². The highest BCUT2D eigenvalue weighted by Gasteiger charge is 2.22. The van der Waals surface area contributed by atoms with E-state index in [1.807, 2.05) is 27.7 Å². The zero-order valence-corrected chi connectivity index (χ0v) is 11.4. The van der Waals surface area contributed by atoms with Crippen molar-refractivity contribution < 1.29 is 14.4 Å². The summed E-state index contributed by atoms with van der Waals surface area (Å²) in [5, 5.41) is 15.7. The Balaban J connectivity index is 2.57. The fourth-order valence-corrected chi connectivity index (χ4v) is 1.45. The van der Waals surface area contributed by atoms with E-state index in [1.165, 1.54) is 0 Å². The minimum absolute atomic E-state index is 0.194. The second-order valence-electron chi connectivity index (χ2n) is 5.33. The van der Waals surface area contributed by atoms with Crippen LogP contribution in [-0.4, -0.2) is 27.3 Å². The highest BCUT2D eigenvalue weighted by Crippen LogP contribution is 2.19. The minimum Gasteiger partial charge on any atom is -0.480 e. The van der Waals surface area contributed by atoms with Crippen LogP contribution in [0.4, 0.5) is 0 Å². The molecular formula is C12H21N3O3. The summed E-state index contributed by atoms with van der Waals surface area (Å²) in [4.78, 5) is 15.2. The van der Waals surface area contributed by atoms with Gasteiger partial charge in [0, 0.05) is 5.41 Å². The molecule has 1 unspecified atom stereocenters. The molecule has 0 aliphatic carbocycles. The quantitative estimate of drug-likeness (QED) is 0.804. The predicted octanol–water partition coefficient (Wildman–Crippen LogP) is 1.71. The SMILES string of the molecule is CCCC(NCc1noc(C(C)(C)C)n1)C(=O)O. The minimum atomic E-state index is -0.851. The van der Waals surface area contributed by atoms with Gasteiger partial charge in [-0.25, -0.2) is 0 Å². The van der Waals surface area contributed by atoms with E-state index < -0.39 is 12.0 Å². The molecule has 1 heterocycles. The number of nitrogens with one attached hydrogen (secondary N) is 1. The van der Waals surface area contributed by atoms with Crippen LogP contribution in [0.25, 0.3) is 0 Å². The van der Waals surface area contributed by atoms with Gasteiger partial charge in [0.05, 0.1) is 6.54 Å². The first-order valence-electron chi connectivity index (χ1n) is 6.14. The summed E-state index contributed by atoms with van der Waals surface area (Å²) in [6.45, 7) is 8.19. The van der Waals surface area contributed by atoms with Gasteiger partial charge in [0.1, 0.15) is 6.04 Å². The average Bonchev–Trinajstić information content (AvgIpc) is 2.71. The summed E-state index contributed by atoms with van der Waals surface area (Å²) in [6.07, 6.45) is 1.39. The van der Waals surface area contributed by atoms with Crippen molar-refractivity contribution in [2.45, 2.75) is 58.5 Å². The molecule has 0 bridgehead atoms. The third kappa shape index (κ3) is 4.10. The zero-order valence-electron chi connectivity index (χ0n) is 11.4. The largest absolute Gasteiger partial charge is 0.480 e. The van der Waals surface area contributed by atoms with Crippen LogP contribution in [0.2, 0.25) is 0 Å². The van der Waals surface area contributed by atoms with Gasteiger partial charge in [0.2, 0.25) is 5.89 Å². The molecule has 1 aromatic heterocycles. The first-order chi connectivity index (χ1) is 8.34. The van der Waals surface area contributed by atoms with Crippen LogP contribution >= 0.6 is 0 Å². The van der Waals surface area contributed by atoms with Crippen molar-refractivity contribution in [2.75, 3.05) is 0 Å². The summed E-state index contributed by atoms with van der Waals surface area (Å²) >= 11 is 0. The smallest absolute Gasteiger partial charge is 0.320 e. The topological polar surface area (TPSA) is 88.3 Å². The number of nitrogens with zero attached hydrogens (tertiary/aromatic N) is 2. The predicted molar refractivity (Wildman–Crippen MR) is 66.2 cm³/mol. The number of carboxylic acid groups (broad SMARTS) is 1. The van der Waals surface area contributed by atoms with E-state index >= 15 is 0 Å². The van der Waals surface area contributed by atoms with Gasteiger partial charge in [-0.1, -0.05) is 39.3 Å². The van der Waals surface area contributed by atoms with Gasteiger partial charge in [-0.15, -0.1) is 0 Å². The van der Waals surface area contributed by atoms with Gasteiger partial charge in [-0.2, -0.15) is 4.98 Å². The van der Waals surface area contributed by atoms with Crippen LogP contribution in [0.1, 0.15) is 52.3 Å². The third-order valence-corrected chi connectivity index (χ3v) is 2.49. The first kappa shape index (κ1) is 14.6. The van der Waals surface area contributed by atoms with E-state index in [1.54, 1.807) is 0 Å². The van der Waals surface area contributed by atoms with E-state index in [2.05, 4.69) is 15.5 Å². The molecular weight excluding hydrogens is 234 g/mol. The Hall–Kier alpha value is -1.43. The maximum atomic E-state index is 10.9. The summed E-state index contributed by atoms with van der Waals surface area (Å²) in [7, 11) is 0. The molecule has 6 heteroatoms. The van der Waals surface area contributed by atoms with E-state index in [0.29, 0.717) is 24.7 Å². The van der Waals surface area contributed by atoms with Crippen molar-refractivity contribution in [1.29, 1.82) is 0 Å². The average molecular weight is 255 g/mol. The summed E-state index contributed by atoms with van der Waals surface area (Å²) in [5.41, 5.74) is -0.194. The van der Waals surface area contributed by atoms with Gasteiger partial charge in [0.15, 0.2) is 5.82 Å². The summed E-state index contributed by atoms with van der Waals surface area (Å²) < 4.78 is 5.13. The van der Waals surface area contributed by atoms with Crippen molar-refractivity contribution in [1.82, 2.24) is 15.5 Å². The van der Waals surface area contributed by atoms with Crippen LogP contribution < -0.4 is 5.32 Å². The van der Waals surface area contributed by atoms with Crippen LogP contribution in [0, 0.1) is 0 Å². The fraction of sp³-hybridized carbons (Fsp3) is 0.750. The molecule has 0 fully saturated rings. The molecule has 0 amide bonds. The molecule has 2 N–H and O–H groups in total. The Morgan fingerprint density at radius 3 is 2.61 bits per heavy atom. The van der Waals surface area contributed by atoms with Gasteiger partial charge >= 0.3 is 5.97 Å². The third-order valence-electron chi connectivity index (χ3n) is 2.49. The number of rotatable bonds is 6. The standard InChI is InChI=1S/C12H21N3O3/c1-5-6-8(10(16)17)13-7-9-14-11(18-15-9)12(2,3)4/h8,13H,5-7H2,1-4H3,(H,16,17). The van der Waals surface area contributed by atoms with E-state index in [9.17, 15) is 4.79 Å². The normalized spacial score (nSPS) is 13.6. The molecule has 0 saturated carbocycles. The number of hydrogen-bond acceptors (Lipinski definition) is 5. The van der Waals surface area contributed by atoms with E-state index in [0.717, 1.165) is 6.42 Å². The number of hydrogen-bond donors (Lipinski definition) is 2. The van der Waals surface area contributed by atoms with E-state index in [-0.39, 0.29) is 5.41 Å². The maximum absolute atomic E-state index is 10.9. The van der Waals surface area contributed by atoms with Crippen LogP contribution in [-0.2, 0) is 16.8 Å². The molecule has 102 valence electrons. The molecule has 1 aromatic rings. The number of carboxylic acids is 1. The van der Waals surface area contributed by atoms with Crippen molar-refractivity contribution in [3.05, 3.63) is 11.7 Å². The van der Waals surface area contributed by atoms with Gasteiger partial charge < -0.3 is 9.63 Å². The lowest BCUT2D eigenvalue weighted by Gasteiger charge is -2.12. The maximum Gasteiger partial charge on any atom is 0.320 e. The Morgan fingerprint density at radius 1 is 1.50 bits per heavy atom. The molecule has 1 rings (SSSR count). The number of carbonyl (C=O) groups is 1. The Bertz CT molecular complexity index is 396. The fourth-order valence-electron chi connectivity index (χ4n) is 1.45. The summed E-state index contributed by atoms with van der Waals surface area (Å²) in [6, 6.07) is -0.563. The molecule has 0 saturated heterocycles. The first-order valence-corrected chi connectivity index (χ1v) is 6.14. The monoisotopic (exact) mass is 255 g/mol. The molecule has 0 aliphatic heterocycles. The number of aliphatic carboxylic acids is 1. The van der Waals surface area contributed by atoms with Crippen molar-refractivity contribution in [2.24, 2.45) is 0 Å². The van der Waals surface area contributed by atoms with Gasteiger partial charge in [0.25, 0.3) is 0 Å². The second kappa shape index (κ2) is 5.95.